The van der Waals surface area contributed by atoms with E-state index in [1.807, 2.05) is 47.8 Å². The van der Waals surface area contributed by atoms with Crippen LogP contribution in [0, 0.1) is 6.92 Å². The zero-order valence-electron chi connectivity index (χ0n) is 15.6. The maximum Gasteiger partial charge on any atom is 0.261 e. The molecule has 0 spiro atoms. The summed E-state index contributed by atoms with van der Waals surface area (Å²) in [4.78, 5) is 22.0. The molecule has 1 aromatic carbocycles. The van der Waals surface area contributed by atoms with Gasteiger partial charge in [0.15, 0.2) is 12.4 Å². The quantitative estimate of drug-likeness (QED) is 0.502. The number of amides is 1. The van der Waals surface area contributed by atoms with Crippen molar-refractivity contribution in [1.82, 2.24) is 20.4 Å². The van der Waals surface area contributed by atoms with Crippen molar-refractivity contribution >= 4 is 17.2 Å². The average molecular weight is 406 g/mol. The van der Waals surface area contributed by atoms with Gasteiger partial charge in [0.05, 0.1) is 11.6 Å². The monoisotopic (exact) mass is 406 g/mol. The molecule has 7 nitrogen and oxygen atoms in total. The summed E-state index contributed by atoms with van der Waals surface area (Å²) in [5, 5.41) is 8.82. The normalized spacial score (nSPS) is 11.8. The van der Waals surface area contributed by atoms with Gasteiger partial charge in [0.2, 0.25) is 0 Å². The van der Waals surface area contributed by atoms with E-state index >= 15 is 0 Å². The zero-order chi connectivity index (χ0) is 20.1. The van der Waals surface area contributed by atoms with Crippen LogP contribution in [0.25, 0.3) is 11.5 Å². The van der Waals surface area contributed by atoms with Crippen LogP contribution in [0.5, 0.6) is 5.75 Å². The standard InChI is InChI=1S/C21H18N4O3S/c1-14-23-21(28-25-14)16-5-2-3-6-17(16)27-13-19(26)24-20(18-7-4-12-29-18)15-8-10-22-11-9-15/h2-12,20H,13H2,1H3,(H,24,26)/t20-/m0/s1. The second kappa shape index (κ2) is 8.66. The summed E-state index contributed by atoms with van der Waals surface area (Å²) in [6, 6.07) is 14.7. The summed E-state index contributed by atoms with van der Waals surface area (Å²) in [5.41, 5.74) is 1.60. The maximum atomic E-state index is 12.6. The Morgan fingerprint density at radius 1 is 1.17 bits per heavy atom. The Morgan fingerprint density at radius 2 is 2.00 bits per heavy atom. The van der Waals surface area contributed by atoms with Crippen molar-refractivity contribution in [3.05, 3.63) is 82.6 Å². The molecule has 1 amide bonds. The molecule has 0 radical (unpaired) electrons. The molecule has 0 fully saturated rings. The number of hydrogen-bond acceptors (Lipinski definition) is 7. The summed E-state index contributed by atoms with van der Waals surface area (Å²) in [6.45, 7) is 1.60. The van der Waals surface area contributed by atoms with Gasteiger partial charge in [-0.15, -0.1) is 11.3 Å². The van der Waals surface area contributed by atoms with Crippen molar-refractivity contribution in [2.75, 3.05) is 6.61 Å². The summed E-state index contributed by atoms with van der Waals surface area (Å²) in [6.07, 6.45) is 3.42. The van der Waals surface area contributed by atoms with Crippen molar-refractivity contribution in [2.24, 2.45) is 0 Å². The van der Waals surface area contributed by atoms with Gasteiger partial charge in [-0.25, -0.2) is 0 Å². The summed E-state index contributed by atoms with van der Waals surface area (Å²) >= 11 is 1.58. The molecule has 0 bridgehead atoms. The molecule has 3 heterocycles. The van der Waals surface area contributed by atoms with Crippen molar-refractivity contribution in [1.29, 1.82) is 0 Å². The molecule has 3 aromatic heterocycles. The Balaban J connectivity index is 1.47. The first-order chi connectivity index (χ1) is 14.2. The van der Waals surface area contributed by atoms with E-state index in [1.54, 1.807) is 36.7 Å². The molecule has 8 heteroatoms. The third-order valence-corrected chi connectivity index (χ3v) is 5.11. The lowest BCUT2D eigenvalue weighted by atomic mass is 10.1. The number of thiophene rings is 1. The fraction of sp³-hybridized carbons (Fsp3) is 0.143. The number of nitrogens with zero attached hydrogens (tertiary/aromatic N) is 3. The van der Waals surface area contributed by atoms with Gasteiger partial charge in [-0.1, -0.05) is 23.4 Å². The van der Waals surface area contributed by atoms with Crippen LogP contribution in [0.2, 0.25) is 0 Å². The maximum absolute atomic E-state index is 12.6. The molecule has 0 aliphatic carbocycles. The van der Waals surface area contributed by atoms with Crippen molar-refractivity contribution < 1.29 is 14.1 Å². The van der Waals surface area contributed by atoms with E-state index in [9.17, 15) is 4.79 Å². The Morgan fingerprint density at radius 3 is 2.72 bits per heavy atom. The van der Waals surface area contributed by atoms with Gasteiger partial charge in [-0.2, -0.15) is 4.98 Å². The van der Waals surface area contributed by atoms with E-state index in [1.165, 1.54) is 0 Å². The molecule has 0 aliphatic rings. The minimum absolute atomic E-state index is 0.142. The van der Waals surface area contributed by atoms with Crippen LogP contribution in [0.4, 0.5) is 0 Å². The van der Waals surface area contributed by atoms with E-state index in [4.69, 9.17) is 9.26 Å². The van der Waals surface area contributed by atoms with E-state index in [-0.39, 0.29) is 18.6 Å². The van der Waals surface area contributed by atoms with E-state index in [0.29, 0.717) is 23.0 Å². The van der Waals surface area contributed by atoms with Gasteiger partial charge in [0, 0.05) is 17.3 Å². The van der Waals surface area contributed by atoms with Crippen LogP contribution < -0.4 is 10.1 Å². The van der Waals surface area contributed by atoms with Crippen LogP contribution in [0.1, 0.15) is 22.3 Å². The van der Waals surface area contributed by atoms with Crippen molar-refractivity contribution in [3.8, 4) is 17.2 Å². The second-order valence-electron chi connectivity index (χ2n) is 6.23. The lowest BCUT2D eigenvalue weighted by Crippen LogP contribution is -2.33. The third kappa shape index (κ3) is 4.49. The molecule has 4 rings (SSSR count). The van der Waals surface area contributed by atoms with Crippen LogP contribution >= 0.6 is 11.3 Å². The summed E-state index contributed by atoms with van der Waals surface area (Å²) in [5.74, 6) is 1.15. The van der Waals surface area contributed by atoms with Gasteiger partial charge in [0.25, 0.3) is 11.8 Å². The molecule has 146 valence electrons. The highest BCUT2D eigenvalue weighted by molar-refractivity contribution is 7.10. The Kier molecular flexibility index (Phi) is 5.62. The van der Waals surface area contributed by atoms with Gasteiger partial charge in [-0.05, 0) is 48.2 Å². The first-order valence-electron chi connectivity index (χ1n) is 8.96. The van der Waals surface area contributed by atoms with Gasteiger partial charge < -0.3 is 14.6 Å². The van der Waals surface area contributed by atoms with Gasteiger partial charge in [0.1, 0.15) is 5.75 Å². The van der Waals surface area contributed by atoms with Crippen LogP contribution in [0.3, 0.4) is 0 Å². The first kappa shape index (κ1) is 18.8. The van der Waals surface area contributed by atoms with Crippen molar-refractivity contribution in [2.45, 2.75) is 13.0 Å². The molecule has 0 saturated carbocycles. The van der Waals surface area contributed by atoms with Gasteiger partial charge >= 0.3 is 0 Å². The summed E-state index contributed by atoms with van der Waals surface area (Å²) in [7, 11) is 0. The Bertz CT molecular complexity index is 1080. The van der Waals surface area contributed by atoms with E-state index < -0.39 is 0 Å². The predicted molar refractivity (Wildman–Crippen MR) is 109 cm³/mol. The van der Waals surface area contributed by atoms with Crippen molar-refractivity contribution in [3.63, 3.8) is 0 Å². The SMILES string of the molecule is Cc1noc(-c2ccccc2OCC(=O)N[C@@H](c2ccncc2)c2cccs2)n1. The number of carbonyl (C=O) groups is 1. The molecule has 4 aromatic rings. The van der Waals surface area contributed by atoms with E-state index in [0.717, 1.165) is 10.4 Å². The van der Waals surface area contributed by atoms with Crippen LogP contribution in [-0.4, -0.2) is 27.6 Å². The minimum Gasteiger partial charge on any atom is -0.483 e. The van der Waals surface area contributed by atoms with Gasteiger partial charge in [-0.3, -0.25) is 9.78 Å². The molecule has 0 aliphatic heterocycles. The first-order valence-corrected chi connectivity index (χ1v) is 9.84. The fourth-order valence-electron chi connectivity index (χ4n) is 2.85. The fourth-order valence-corrected chi connectivity index (χ4v) is 3.65. The molecular weight excluding hydrogens is 388 g/mol. The molecule has 29 heavy (non-hydrogen) atoms. The zero-order valence-corrected chi connectivity index (χ0v) is 16.4. The molecule has 1 atom stereocenters. The highest BCUT2D eigenvalue weighted by Crippen LogP contribution is 2.29. The number of aryl methyl sites for hydroxylation is 1. The topological polar surface area (TPSA) is 90.1 Å². The number of pyridine rings is 1. The number of hydrogen-bond donors (Lipinski definition) is 1. The third-order valence-electron chi connectivity index (χ3n) is 4.18. The number of para-hydroxylation sites is 1. The predicted octanol–water partition coefficient (Wildman–Crippen LogP) is 3.79. The molecule has 1 N–H and O–H groups in total. The number of rotatable bonds is 7. The molecular formula is C21H18N4O3S. The summed E-state index contributed by atoms with van der Waals surface area (Å²) < 4.78 is 11.0. The average Bonchev–Trinajstić information content (AvgIpc) is 3.43. The number of ether oxygens (including phenoxy) is 1. The highest BCUT2D eigenvalue weighted by atomic mass is 32.1. The minimum atomic E-state index is -0.261. The Labute approximate surface area is 171 Å². The molecule has 0 saturated heterocycles. The van der Waals surface area contributed by atoms with Crippen LogP contribution in [-0.2, 0) is 4.79 Å². The second-order valence-corrected chi connectivity index (χ2v) is 7.21. The number of carbonyl (C=O) groups excluding carboxylic acids is 1. The highest BCUT2D eigenvalue weighted by Gasteiger charge is 2.19. The smallest absolute Gasteiger partial charge is 0.261 e. The number of nitrogens with one attached hydrogen (secondary N) is 1. The Hall–Kier alpha value is -3.52. The lowest BCUT2D eigenvalue weighted by Gasteiger charge is -2.18. The lowest BCUT2D eigenvalue weighted by molar-refractivity contribution is -0.123. The number of aromatic nitrogens is 3. The number of benzene rings is 1. The van der Waals surface area contributed by atoms with E-state index in [2.05, 4.69) is 20.4 Å². The molecule has 0 unspecified atom stereocenters. The largest absolute Gasteiger partial charge is 0.483 e. The van der Waals surface area contributed by atoms with Crippen LogP contribution in [0.15, 0.2) is 70.8 Å².